The molecule has 13 heavy (non-hydrogen) atoms. The van der Waals surface area contributed by atoms with Gasteiger partial charge in [-0.1, -0.05) is 23.2 Å². The molecular weight excluding hydrogens is 212 g/mol. The second-order valence-corrected chi connectivity index (χ2v) is 3.13. The quantitative estimate of drug-likeness (QED) is 0.549. The summed E-state index contributed by atoms with van der Waals surface area (Å²) in [5, 5.41) is -0.00360. The molecule has 4 heteroatoms. The largest absolute Gasteiger partial charge is 0.221 e. The lowest BCUT2D eigenvalue weighted by molar-refractivity contribution is 0.619. The predicted octanol–water partition coefficient (Wildman–Crippen LogP) is 3.09. The Labute approximate surface area is 85.9 Å². The van der Waals surface area contributed by atoms with Crippen molar-refractivity contribution in [3.63, 3.8) is 0 Å². The molecule has 0 radical (unpaired) electrons. The molecule has 0 saturated carbocycles. The zero-order valence-corrected chi connectivity index (χ0v) is 8.16. The molecule has 0 bridgehead atoms. The van der Waals surface area contributed by atoms with Gasteiger partial charge in [0, 0.05) is 6.42 Å². The van der Waals surface area contributed by atoms with Gasteiger partial charge in [-0.2, -0.15) is 0 Å². The van der Waals surface area contributed by atoms with Crippen molar-refractivity contribution in [1.29, 1.82) is 0 Å². The maximum Gasteiger partial charge on any atom is 0.166 e. The average molecular weight is 218 g/mol. The van der Waals surface area contributed by atoms with Crippen LogP contribution in [0.15, 0.2) is 6.07 Å². The first-order chi connectivity index (χ1) is 6.15. The van der Waals surface area contributed by atoms with Gasteiger partial charge in [0.2, 0.25) is 0 Å². The van der Waals surface area contributed by atoms with Gasteiger partial charge in [-0.05, 0) is 18.1 Å². The van der Waals surface area contributed by atoms with Crippen LogP contribution in [0.2, 0.25) is 10.3 Å². The van der Waals surface area contributed by atoms with E-state index >= 15 is 0 Å². The minimum Gasteiger partial charge on any atom is -0.221 e. The van der Waals surface area contributed by atoms with E-state index in [1.807, 2.05) is 0 Å². The fourth-order valence-electron chi connectivity index (χ4n) is 0.866. The van der Waals surface area contributed by atoms with Crippen molar-refractivity contribution in [2.75, 3.05) is 0 Å². The molecule has 0 atom stereocenters. The Bertz CT molecular complexity index is 357. The predicted molar refractivity (Wildman–Crippen MR) is 51.4 cm³/mol. The minimum atomic E-state index is -0.571. The number of hydrogen-bond donors (Lipinski definition) is 0. The number of nitrogens with zero attached hydrogens (tertiary/aromatic N) is 1. The van der Waals surface area contributed by atoms with Crippen molar-refractivity contribution in [2.45, 2.75) is 12.8 Å². The first-order valence-electron chi connectivity index (χ1n) is 3.59. The normalized spacial score (nSPS) is 9.69. The van der Waals surface area contributed by atoms with Gasteiger partial charge in [0.1, 0.15) is 5.15 Å². The highest BCUT2D eigenvalue weighted by Gasteiger charge is 2.07. The molecule has 68 valence electrons. The first-order valence-corrected chi connectivity index (χ1v) is 4.34. The second kappa shape index (κ2) is 4.45. The van der Waals surface area contributed by atoms with E-state index in [0.29, 0.717) is 18.4 Å². The van der Waals surface area contributed by atoms with Crippen LogP contribution in [-0.4, -0.2) is 4.98 Å². The molecule has 1 heterocycles. The number of rotatable bonds is 2. The third-order valence-corrected chi connectivity index (χ3v) is 2.09. The van der Waals surface area contributed by atoms with E-state index in [1.165, 1.54) is 6.07 Å². The SMILES string of the molecule is C#CCCc1cc(F)c(Cl)nc1Cl. The van der Waals surface area contributed by atoms with Crippen LogP contribution in [0.3, 0.4) is 0 Å². The summed E-state index contributed by atoms with van der Waals surface area (Å²) in [5.74, 6) is 1.86. The Balaban J connectivity index is 2.96. The van der Waals surface area contributed by atoms with Gasteiger partial charge in [0.25, 0.3) is 0 Å². The molecule has 0 aliphatic rings. The van der Waals surface area contributed by atoms with Crippen LogP contribution >= 0.6 is 23.2 Å². The van der Waals surface area contributed by atoms with Crippen molar-refractivity contribution >= 4 is 23.2 Å². The number of hydrogen-bond acceptors (Lipinski definition) is 1. The Hall–Kier alpha value is -0.780. The van der Waals surface area contributed by atoms with Crippen molar-refractivity contribution < 1.29 is 4.39 Å². The van der Waals surface area contributed by atoms with Gasteiger partial charge in [-0.25, -0.2) is 9.37 Å². The molecule has 0 aromatic carbocycles. The minimum absolute atomic E-state index is 0.210. The standard InChI is InChI=1S/C9H6Cl2FN/c1-2-3-4-6-5-7(12)9(11)13-8(6)10/h1,5H,3-4H2. The van der Waals surface area contributed by atoms with E-state index in [-0.39, 0.29) is 10.3 Å². The number of pyridine rings is 1. The van der Waals surface area contributed by atoms with Crippen LogP contribution in [0.25, 0.3) is 0 Å². The van der Waals surface area contributed by atoms with Crippen LogP contribution in [0.4, 0.5) is 4.39 Å². The number of halogens is 3. The number of aryl methyl sites for hydroxylation is 1. The molecule has 0 fully saturated rings. The maximum absolute atomic E-state index is 12.9. The molecule has 0 saturated heterocycles. The van der Waals surface area contributed by atoms with E-state index in [0.717, 1.165) is 0 Å². The summed E-state index contributed by atoms with van der Waals surface area (Å²) >= 11 is 11.1. The topological polar surface area (TPSA) is 12.9 Å². The highest BCUT2D eigenvalue weighted by molar-refractivity contribution is 6.32. The van der Waals surface area contributed by atoms with Crippen molar-refractivity contribution in [3.8, 4) is 12.3 Å². The number of terminal acetylenes is 1. The molecule has 0 aliphatic carbocycles. The molecular formula is C9H6Cl2FN. The van der Waals surface area contributed by atoms with Gasteiger partial charge in [-0.3, -0.25) is 0 Å². The molecule has 1 aromatic rings. The lowest BCUT2D eigenvalue weighted by Gasteiger charge is -2.01. The van der Waals surface area contributed by atoms with Crippen LogP contribution in [0.5, 0.6) is 0 Å². The summed E-state index contributed by atoms with van der Waals surface area (Å²) in [6.07, 6.45) is 6.07. The van der Waals surface area contributed by atoms with Crippen LogP contribution in [0, 0.1) is 18.2 Å². The molecule has 1 aromatic heterocycles. The Morgan fingerprint density at radius 1 is 1.46 bits per heavy atom. The van der Waals surface area contributed by atoms with Gasteiger partial charge < -0.3 is 0 Å². The fourth-order valence-corrected chi connectivity index (χ4v) is 1.28. The Morgan fingerprint density at radius 2 is 2.15 bits per heavy atom. The third kappa shape index (κ3) is 2.58. The van der Waals surface area contributed by atoms with E-state index in [9.17, 15) is 4.39 Å². The van der Waals surface area contributed by atoms with Crippen molar-refractivity contribution in [3.05, 3.63) is 27.8 Å². The third-order valence-electron chi connectivity index (χ3n) is 1.50. The summed E-state index contributed by atoms with van der Waals surface area (Å²) in [7, 11) is 0. The summed E-state index contributed by atoms with van der Waals surface area (Å²) in [6.45, 7) is 0. The Morgan fingerprint density at radius 3 is 2.77 bits per heavy atom. The lowest BCUT2D eigenvalue weighted by Crippen LogP contribution is -1.92. The van der Waals surface area contributed by atoms with Crippen LogP contribution in [0.1, 0.15) is 12.0 Å². The summed E-state index contributed by atoms with van der Waals surface area (Å²) in [6, 6.07) is 1.26. The van der Waals surface area contributed by atoms with Gasteiger partial charge in [0.05, 0.1) is 0 Å². The molecule has 0 amide bonds. The zero-order chi connectivity index (χ0) is 9.84. The molecule has 0 N–H and O–H groups in total. The van der Waals surface area contributed by atoms with Gasteiger partial charge in [-0.15, -0.1) is 12.3 Å². The van der Waals surface area contributed by atoms with Crippen molar-refractivity contribution in [2.24, 2.45) is 0 Å². The highest BCUT2D eigenvalue weighted by Crippen LogP contribution is 2.21. The summed E-state index contributed by atoms with van der Waals surface area (Å²) in [4.78, 5) is 3.61. The Kier molecular flexibility index (Phi) is 3.53. The molecule has 0 aliphatic heterocycles. The van der Waals surface area contributed by atoms with E-state index in [1.54, 1.807) is 0 Å². The molecule has 1 rings (SSSR count). The fraction of sp³-hybridized carbons (Fsp3) is 0.222. The van der Waals surface area contributed by atoms with Crippen molar-refractivity contribution in [1.82, 2.24) is 4.98 Å². The lowest BCUT2D eigenvalue weighted by atomic mass is 10.2. The maximum atomic E-state index is 12.9. The zero-order valence-electron chi connectivity index (χ0n) is 6.65. The number of aromatic nitrogens is 1. The van der Waals surface area contributed by atoms with E-state index < -0.39 is 5.82 Å². The first kappa shape index (κ1) is 10.3. The molecule has 0 spiro atoms. The van der Waals surface area contributed by atoms with Crippen LogP contribution < -0.4 is 0 Å². The van der Waals surface area contributed by atoms with E-state index in [4.69, 9.17) is 29.6 Å². The molecule has 1 nitrogen and oxygen atoms in total. The highest BCUT2D eigenvalue weighted by atomic mass is 35.5. The second-order valence-electron chi connectivity index (χ2n) is 2.42. The smallest absolute Gasteiger partial charge is 0.166 e. The average Bonchev–Trinajstić information content (AvgIpc) is 2.09. The van der Waals surface area contributed by atoms with Gasteiger partial charge >= 0.3 is 0 Å². The summed E-state index contributed by atoms with van der Waals surface area (Å²) in [5.41, 5.74) is 0.585. The molecule has 0 unspecified atom stereocenters. The summed E-state index contributed by atoms with van der Waals surface area (Å²) < 4.78 is 12.9. The van der Waals surface area contributed by atoms with Crippen LogP contribution in [-0.2, 0) is 6.42 Å². The monoisotopic (exact) mass is 217 g/mol. The van der Waals surface area contributed by atoms with Gasteiger partial charge in [0.15, 0.2) is 11.0 Å². The van der Waals surface area contributed by atoms with E-state index in [2.05, 4.69) is 10.9 Å².